The molecule has 0 spiro atoms. The summed E-state index contributed by atoms with van der Waals surface area (Å²) in [4.78, 5) is 29.7. The zero-order valence-corrected chi connectivity index (χ0v) is 20.0. The largest absolute Gasteiger partial charge is 0.490 e. The number of benzene rings is 2. The van der Waals surface area contributed by atoms with Crippen molar-refractivity contribution in [2.24, 2.45) is 10.9 Å². The van der Waals surface area contributed by atoms with Crippen LogP contribution >= 0.6 is 0 Å². The molecule has 1 atom stereocenters. The fourth-order valence-corrected chi connectivity index (χ4v) is 3.81. The molecule has 0 bridgehead atoms. The summed E-state index contributed by atoms with van der Waals surface area (Å²) in [5.41, 5.74) is 2.48. The van der Waals surface area contributed by atoms with Crippen molar-refractivity contribution < 1.29 is 23.8 Å². The molecule has 0 fully saturated rings. The van der Waals surface area contributed by atoms with Gasteiger partial charge in [-0.1, -0.05) is 18.2 Å². The SMILES string of the molecule is CCOc1cc(C(=O)NCCC2C=c3c(C)ccc(C)c3=NC2=O)cc(OCC)c1OCC. The average Bonchev–Trinajstić information content (AvgIpc) is 2.79. The molecule has 176 valence electrons. The van der Waals surface area contributed by atoms with Crippen LogP contribution in [0.25, 0.3) is 6.08 Å². The lowest BCUT2D eigenvalue weighted by atomic mass is 9.97. The molecule has 0 aliphatic carbocycles. The molecular weight excluding hydrogens is 420 g/mol. The van der Waals surface area contributed by atoms with E-state index in [4.69, 9.17) is 14.2 Å². The fraction of sp³-hybridized carbons (Fsp3) is 0.423. The first-order valence-corrected chi connectivity index (χ1v) is 11.4. The summed E-state index contributed by atoms with van der Waals surface area (Å²) in [7, 11) is 0. The zero-order chi connectivity index (χ0) is 24.0. The first kappa shape index (κ1) is 24.3. The van der Waals surface area contributed by atoms with Crippen LogP contribution in [-0.2, 0) is 4.79 Å². The predicted octanol–water partition coefficient (Wildman–Crippen LogP) is 2.88. The van der Waals surface area contributed by atoms with E-state index in [2.05, 4.69) is 10.3 Å². The van der Waals surface area contributed by atoms with E-state index in [1.165, 1.54) is 0 Å². The van der Waals surface area contributed by atoms with Crippen LogP contribution in [0.15, 0.2) is 29.3 Å². The molecule has 1 heterocycles. The smallest absolute Gasteiger partial charge is 0.253 e. The van der Waals surface area contributed by atoms with Gasteiger partial charge in [0.25, 0.3) is 11.8 Å². The second-order valence-electron chi connectivity index (χ2n) is 7.83. The van der Waals surface area contributed by atoms with Crippen LogP contribution < -0.4 is 30.1 Å². The van der Waals surface area contributed by atoms with E-state index in [1.54, 1.807) is 12.1 Å². The van der Waals surface area contributed by atoms with Gasteiger partial charge in [0.05, 0.1) is 31.1 Å². The van der Waals surface area contributed by atoms with Crippen LogP contribution in [0.5, 0.6) is 17.2 Å². The highest BCUT2D eigenvalue weighted by molar-refractivity contribution is 5.95. The molecule has 1 aliphatic rings. The highest BCUT2D eigenvalue weighted by Gasteiger charge is 2.21. The summed E-state index contributed by atoms with van der Waals surface area (Å²) in [6.07, 6.45) is 2.44. The minimum absolute atomic E-state index is 0.177. The predicted molar refractivity (Wildman–Crippen MR) is 127 cm³/mol. The summed E-state index contributed by atoms with van der Waals surface area (Å²) >= 11 is 0. The normalized spacial score (nSPS) is 14.6. The maximum absolute atomic E-state index is 12.9. The van der Waals surface area contributed by atoms with Gasteiger partial charge in [-0.3, -0.25) is 9.59 Å². The maximum atomic E-state index is 12.9. The molecule has 7 nitrogen and oxygen atoms in total. The van der Waals surface area contributed by atoms with Gasteiger partial charge in [0.2, 0.25) is 5.75 Å². The van der Waals surface area contributed by atoms with Crippen molar-refractivity contribution in [2.75, 3.05) is 26.4 Å². The molecule has 0 aromatic heterocycles. The Morgan fingerprint density at radius 1 is 0.970 bits per heavy atom. The molecule has 1 unspecified atom stereocenters. The molecular formula is C26H32N2O5. The molecule has 1 aliphatic heterocycles. The van der Waals surface area contributed by atoms with Crippen LogP contribution in [-0.4, -0.2) is 38.2 Å². The lowest BCUT2D eigenvalue weighted by Crippen LogP contribution is -2.38. The summed E-state index contributed by atoms with van der Waals surface area (Å²) in [6, 6.07) is 7.32. The highest BCUT2D eigenvalue weighted by Crippen LogP contribution is 2.39. The number of rotatable bonds is 10. The van der Waals surface area contributed by atoms with Gasteiger partial charge >= 0.3 is 0 Å². The topological polar surface area (TPSA) is 86.2 Å². The molecule has 0 saturated carbocycles. The molecule has 2 aromatic rings. The van der Waals surface area contributed by atoms with Gasteiger partial charge in [0.1, 0.15) is 0 Å². The molecule has 33 heavy (non-hydrogen) atoms. The van der Waals surface area contributed by atoms with Crippen LogP contribution in [0.1, 0.15) is 48.7 Å². The van der Waals surface area contributed by atoms with Gasteiger partial charge < -0.3 is 19.5 Å². The lowest BCUT2D eigenvalue weighted by molar-refractivity contribution is -0.120. The number of ether oxygens (including phenoxy) is 3. The third-order valence-corrected chi connectivity index (χ3v) is 5.46. The Hall–Kier alpha value is -3.35. The number of aryl methyl sites for hydroxylation is 2. The lowest BCUT2D eigenvalue weighted by Gasteiger charge is -2.17. The second-order valence-corrected chi connectivity index (χ2v) is 7.83. The first-order valence-electron chi connectivity index (χ1n) is 11.4. The van der Waals surface area contributed by atoms with Gasteiger partial charge in [-0.15, -0.1) is 0 Å². The average molecular weight is 453 g/mol. The Bertz CT molecular complexity index is 1130. The van der Waals surface area contributed by atoms with Gasteiger partial charge in [0.15, 0.2) is 11.5 Å². The Morgan fingerprint density at radius 3 is 2.18 bits per heavy atom. The number of carbonyl (C=O) groups excluding carboxylic acids is 2. The molecule has 2 aromatic carbocycles. The summed E-state index contributed by atoms with van der Waals surface area (Å²) < 4.78 is 17.1. The van der Waals surface area contributed by atoms with Gasteiger partial charge in [0, 0.05) is 17.3 Å². The van der Waals surface area contributed by atoms with E-state index in [-0.39, 0.29) is 17.7 Å². The van der Waals surface area contributed by atoms with Crippen molar-refractivity contribution in [1.82, 2.24) is 5.32 Å². The third-order valence-electron chi connectivity index (χ3n) is 5.46. The number of carbonyl (C=O) groups is 2. The minimum atomic E-state index is -0.364. The van der Waals surface area contributed by atoms with Crippen LogP contribution in [0.4, 0.5) is 0 Å². The Morgan fingerprint density at radius 2 is 1.58 bits per heavy atom. The number of hydrogen-bond donors (Lipinski definition) is 1. The van der Waals surface area contributed by atoms with E-state index in [1.807, 2.05) is 52.8 Å². The van der Waals surface area contributed by atoms with Gasteiger partial charge in [-0.25, -0.2) is 4.99 Å². The monoisotopic (exact) mass is 452 g/mol. The Balaban J connectivity index is 1.75. The van der Waals surface area contributed by atoms with Crippen LogP contribution in [0.3, 0.4) is 0 Å². The van der Waals surface area contributed by atoms with Gasteiger partial charge in [-0.2, -0.15) is 0 Å². The molecule has 2 amide bonds. The summed E-state index contributed by atoms with van der Waals surface area (Å²) in [5.74, 6) is 0.610. The number of hydrogen-bond acceptors (Lipinski definition) is 5. The molecule has 3 rings (SSSR count). The maximum Gasteiger partial charge on any atom is 0.253 e. The van der Waals surface area contributed by atoms with E-state index < -0.39 is 0 Å². The van der Waals surface area contributed by atoms with Crippen molar-refractivity contribution >= 4 is 17.9 Å². The number of nitrogens with zero attached hydrogens (tertiary/aromatic N) is 1. The molecule has 0 radical (unpaired) electrons. The van der Waals surface area contributed by atoms with Gasteiger partial charge in [-0.05, 0) is 64.3 Å². The van der Waals surface area contributed by atoms with Crippen molar-refractivity contribution in [1.29, 1.82) is 0 Å². The van der Waals surface area contributed by atoms with Crippen molar-refractivity contribution in [3.05, 3.63) is 51.5 Å². The Kier molecular flexibility index (Phi) is 8.09. The number of amides is 2. The van der Waals surface area contributed by atoms with Crippen molar-refractivity contribution in [3.8, 4) is 17.2 Å². The second kappa shape index (κ2) is 11.0. The summed E-state index contributed by atoms with van der Waals surface area (Å²) in [6.45, 7) is 11.2. The highest BCUT2D eigenvalue weighted by atomic mass is 16.5. The first-order chi connectivity index (χ1) is 15.9. The van der Waals surface area contributed by atoms with E-state index in [9.17, 15) is 9.59 Å². The number of fused-ring (bicyclic) bond motifs is 1. The third kappa shape index (κ3) is 5.53. The van der Waals surface area contributed by atoms with Crippen LogP contribution in [0.2, 0.25) is 0 Å². The van der Waals surface area contributed by atoms with Crippen molar-refractivity contribution in [3.63, 3.8) is 0 Å². The Labute approximate surface area is 194 Å². The summed E-state index contributed by atoms with van der Waals surface area (Å²) in [5, 5.41) is 4.65. The molecule has 7 heteroatoms. The standard InChI is InChI=1S/C26H32N2O5/c1-6-31-21-14-19(15-22(32-7-2)24(21)33-8-3)25(29)27-12-11-18-13-20-16(4)9-10-17(5)23(20)28-26(18)30/h9-10,13-15,18H,6-8,11-12H2,1-5H3,(H,27,29). The van der Waals surface area contributed by atoms with E-state index >= 15 is 0 Å². The molecule has 0 saturated heterocycles. The zero-order valence-electron chi connectivity index (χ0n) is 20.0. The fourth-order valence-electron chi connectivity index (χ4n) is 3.81. The van der Waals surface area contributed by atoms with Crippen molar-refractivity contribution in [2.45, 2.75) is 41.0 Å². The van der Waals surface area contributed by atoms with E-state index in [0.717, 1.165) is 21.7 Å². The van der Waals surface area contributed by atoms with Crippen LogP contribution in [0, 0.1) is 19.8 Å². The minimum Gasteiger partial charge on any atom is -0.490 e. The number of nitrogens with one attached hydrogen (secondary N) is 1. The van der Waals surface area contributed by atoms with E-state index in [0.29, 0.717) is 55.6 Å². The quantitative estimate of drug-likeness (QED) is 0.599. The molecule has 1 N–H and O–H groups in total.